The van der Waals surface area contributed by atoms with Gasteiger partial charge in [-0.1, -0.05) is 24.3 Å². The number of hydrogen-bond donors (Lipinski definition) is 1. The van der Waals surface area contributed by atoms with Gasteiger partial charge in [-0.25, -0.2) is 4.79 Å². The smallest absolute Gasteiger partial charge is 0.341 e. The SMILES string of the molecule is CCOC(=O)c1c(NC(=O)c2cccc([N+](=O)[O-])c2)sc2ccccc12. The van der Waals surface area contributed by atoms with Gasteiger partial charge in [-0.05, 0) is 19.1 Å². The summed E-state index contributed by atoms with van der Waals surface area (Å²) in [5, 5.41) is 14.6. The van der Waals surface area contributed by atoms with Crippen molar-refractivity contribution in [1.29, 1.82) is 0 Å². The zero-order valence-corrected chi connectivity index (χ0v) is 14.5. The molecule has 7 nitrogen and oxygen atoms in total. The van der Waals surface area contributed by atoms with Gasteiger partial charge in [0.2, 0.25) is 0 Å². The Kier molecular flexibility index (Phi) is 4.94. The molecule has 0 aliphatic rings. The highest BCUT2D eigenvalue weighted by molar-refractivity contribution is 7.23. The van der Waals surface area contributed by atoms with Crippen molar-refractivity contribution in [2.45, 2.75) is 6.92 Å². The monoisotopic (exact) mass is 370 g/mol. The van der Waals surface area contributed by atoms with E-state index in [9.17, 15) is 19.7 Å². The third-order valence-electron chi connectivity index (χ3n) is 3.62. The minimum absolute atomic E-state index is 0.131. The van der Waals surface area contributed by atoms with Crippen LogP contribution in [0.5, 0.6) is 0 Å². The highest BCUT2D eigenvalue weighted by Crippen LogP contribution is 2.36. The van der Waals surface area contributed by atoms with E-state index in [0.717, 1.165) is 4.70 Å². The zero-order valence-electron chi connectivity index (χ0n) is 13.7. The number of non-ortho nitro benzene ring substituents is 1. The molecule has 0 unspecified atom stereocenters. The number of rotatable bonds is 5. The van der Waals surface area contributed by atoms with E-state index in [1.54, 1.807) is 19.1 Å². The van der Waals surface area contributed by atoms with Crippen LogP contribution in [0.15, 0.2) is 48.5 Å². The highest BCUT2D eigenvalue weighted by atomic mass is 32.1. The summed E-state index contributed by atoms with van der Waals surface area (Å²) in [6.45, 7) is 1.91. The molecule has 1 aromatic heterocycles. The number of thiophene rings is 1. The Hall–Kier alpha value is -3.26. The van der Waals surface area contributed by atoms with Crippen LogP contribution in [-0.2, 0) is 4.74 Å². The second-order valence-electron chi connectivity index (χ2n) is 5.28. The maximum absolute atomic E-state index is 12.5. The molecule has 3 aromatic rings. The molecule has 8 heteroatoms. The number of nitro benzene ring substituents is 1. The van der Waals surface area contributed by atoms with Crippen LogP contribution in [-0.4, -0.2) is 23.4 Å². The molecule has 1 heterocycles. The summed E-state index contributed by atoms with van der Waals surface area (Å²) < 4.78 is 5.92. The van der Waals surface area contributed by atoms with Gasteiger partial charge >= 0.3 is 5.97 Å². The minimum Gasteiger partial charge on any atom is -0.462 e. The fraction of sp³-hybridized carbons (Fsp3) is 0.111. The number of amides is 1. The van der Waals surface area contributed by atoms with Crippen molar-refractivity contribution in [3.8, 4) is 0 Å². The van der Waals surface area contributed by atoms with E-state index in [1.807, 2.05) is 12.1 Å². The third-order valence-corrected chi connectivity index (χ3v) is 4.71. The second kappa shape index (κ2) is 7.32. The van der Waals surface area contributed by atoms with Crippen LogP contribution >= 0.6 is 11.3 Å². The molecule has 0 fully saturated rings. The van der Waals surface area contributed by atoms with Crippen molar-refractivity contribution >= 4 is 44.0 Å². The van der Waals surface area contributed by atoms with Crippen LogP contribution in [0, 0.1) is 10.1 Å². The van der Waals surface area contributed by atoms with Crippen molar-refractivity contribution in [1.82, 2.24) is 0 Å². The molecular formula is C18H14N2O5S. The van der Waals surface area contributed by atoms with Crippen LogP contribution in [0.2, 0.25) is 0 Å². The zero-order chi connectivity index (χ0) is 18.7. The Bertz CT molecular complexity index is 1010. The number of nitrogens with one attached hydrogen (secondary N) is 1. The molecule has 0 atom stereocenters. The molecule has 0 aliphatic heterocycles. The van der Waals surface area contributed by atoms with Gasteiger partial charge in [0, 0.05) is 27.8 Å². The van der Waals surface area contributed by atoms with Gasteiger partial charge < -0.3 is 10.1 Å². The van der Waals surface area contributed by atoms with Crippen molar-refractivity contribution in [2.24, 2.45) is 0 Å². The normalized spacial score (nSPS) is 10.5. The van der Waals surface area contributed by atoms with Gasteiger partial charge in [-0.2, -0.15) is 0 Å². The van der Waals surface area contributed by atoms with Crippen molar-refractivity contribution in [2.75, 3.05) is 11.9 Å². The first-order valence-corrected chi connectivity index (χ1v) is 8.57. The highest BCUT2D eigenvalue weighted by Gasteiger charge is 2.22. The summed E-state index contributed by atoms with van der Waals surface area (Å²) >= 11 is 1.24. The Morgan fingerprint density at radius 1 is 1.19 bits per heavy atom. The van der Waals surface area contributed by atoms with Gasteiger partial charge in [0.05, 0.1) is 11.5 Å². The molecule has 0 spiro atoms. The largest absolute Gasteiger partial charge is 0.462 e. The molecule has 0 saturated carbocycles. The van der Waals surface area contributed by atoms with Crippen molar-refractivity contribution in [3.05, 3.63) is 69.8 Å². The molecule has 132 valence electrons. The molecule has 26 heavy (non-hydrogen) atoms. The van der Waals surface area contributed by atoms with Crippen molar-refractivity contribution < 1.29 is 19.2 Å². The molecular weight excluding hydrogens is 356 g/mol. The molecule has 1 N–H and O–H groups in total. The number of carbonyl (C=O) groups is 2. The number of nitrogens with zero attached hydrogens (tertiary/aromatic N) is 1. The Morgan fingerprint density at radius 3 is 2.69 bits per heavy atom. The first-order chi connectivity index (χ1) is 12.5. The van der Waals surface area contributed by atoms with Crippen LogP contribution < -0.4 is 5.32 Å². The van der Waals surface area contributed by atoms with E-state index < -0.39 is 16.8 Å². The second-order valence-corrected chi connectivity index (χ2v) is 6.34. The summed E-state index contributed by atoms with van der Waals surface area (Å²) in [7, 11) is 0. The quantitative estimate of drug-likeness (QED) is 0.411. The van der Waals surface area contributed by atoms with E-state index in [2.05, 4.69) is 5.32 Å². The lowest BCUT2D eigenvalue weighted by Gasteiger charge is -2.06. The summed E-state index contributed by atoms with van der Waals surface area (Å²) in [4.78, 5) is 35.2. The average molecular weight is 370 g/mol. The lowest BCUT2D eigenvalue weighted by Crippen LogP contribution is -2.14. The standard InChI is InChI=1S/C18H14N2O5S/c1-2-25-18(22)15-13-8-3-4-9-14(13)26-17(15)19-16(21)11-6-5-7-12(10-11)20(23)24/h3-10H,2H2,1H3,(H,19,21). The van der Waals surface area contributed by atoms with E-state index in [1.165, 1.54) is 35.6 Å². The molecule has 0 bridgehead atoms. The average Bonchev–Trinajstić information content (AvgIpc) is 2.99. The predicted molar refractivity (Wildman–Crippen MR) is 98.8 cm³/mol. The molecule has 1 amide bonds. The molecule has 0 aliphatic carbocycles. The van der Waals surface area contributed by atoms with Gasteiger partial charge in [0.1, 0.15) is 10.6 Å². The number of ether oxygens (including phenoxy) is 1. The lowest BCUT2D eigenvalue weighted by atomic mass is 10.1. The van der Waals surface area contributed by atoms with Crippen molar-refractivity contribution in [3.63, 3.8) is 0 Å². The summed E-state index contributed by atoms with van der Waals surface area (Å²) in [5.74, 6) is -1.06. The summed E-state index contributed by atoms with van der Waals surface area (Å²) in [5.41, 5.74) is 0.234. The Labute approximate surface area is 152 Å². The fourth-order valence-corrected chi connectivity index (χ4v) is 3.56. The maximum Gasteiger partial charge on any atom is 0.341 e. The number of anilines is 1. The van der Waals surface area contributed by atoms with E-state index in [0.29, 0.717) is 10.4 Å². The van der Waals surface area contributed by atoms with Gasteiger partial charge in [0.25, 0.3) is 11.6 Å². The van der Waals surface area contributed by atoms with Crippen LogP contribution in [0.4, 0.5) is 10.7 Å². The first kappa shape index (κ1) is 17.6. The van der Waals surface area contributed by atoms with Crippen LogP contribution in [0.25, 0.3) is 10.1 Å². The number of esters is 1. The molecule has 0 saturated heterocycles. The van der Waals surface area contributed by atoms with E-state index >= 15 is 0 Å². The topological polar surface area (TPSA) is 98.5 Å². The van der Waals surface area contributed by atoms with E-state index in [-0.39, 0.29) is 23.4 Å². The Morgan fingerprint density at radius 2 is 1.96 bits per heavy atom. The predicted octanol–water partition coefficient (Wildman–Crippen LogP) is 4.24. The Balaban J connectivity index is 1.99. The molecule has 2 aromatic carbocycles. The van der Waals surface area contributed by atoms with Gasteiger partial charge in [-0.3, -0.25) is 14.9 Å². The summed E-state index contributed by atoms with van der Waals surface area (Å²) in [6.07, 6.45) is 0. The number of hydrogen-bond acceptors (Lipinski definition) is 6. The van der Waals surface area contributed by atoms with Gasteiger partial charge in [-0.15, -0.1) is 11.3 Å². The van der Waals surface area contributed by atoms with E-state index in [4.69, 9.17) is 4.74 Å². The number of carbonyl (C=O) groups excluding carboxylic acids is 2. The van der Waals surface area contributed by atoms with Gasteiger partial charge in [0.15, 0.2) is 0 Å². The summed E-state index contributed by atoms with van der Waals surface area (Å²) in [6, 6.07) is 12.6. The number of benzene rings is 2. The lowest BCUT2D eigenvalue weighted by molar-refractivity contribution is -0.384. The third kappa shape index (κ3) is 3.40. The number of nitro groups is 1. The minimum atomic E-state index is -0.569. The molecule has 0 radical (unpaired) electrons. The molecule has 3 rings (SSSR count). The fourth-order valence-electron chi connectivity index (χ4n) is 2.48. The van der Waals surface area contributed by atoms with Crippen LogP contribution in [0.3, 0.4) is 0 Å². The maximum atomic E-state index is 12.5. The number of fused-ring (bicyclic) bond motifs is 1. The van der Waals surface area contributed by atoms with Crippen LogP contribution in [0.1, 0.15) is 27.6 Å². The first-order valence-electron chi connectivity index (χ1n) is 7.75.